The first-order chi connectivity index (χ1) is 9.69. The molecule has 6 heteroatoms. The fourth-order valence-electron chi connectivity index (χ4n) is 2.75. The molecule has 0 aromatic carbocycles. The summed E-state index contributed by atoms with van der Waals surface area (Å²) in [5, 5.41) is 8.95. The fourth-order valence-corrected chi connectivity index (χ4v) is 3.19. The molecule has 0 atom stereocenters. The second-order valence-electron chi connectivity index (χ2n) is 5.54. The summed E-state index contributed by atoms with van der Waals surface area (Å²) in [6.07, 6.45) is 4.37. The van der Waals surface area contributed by atoms with Crippen molar-refractivity contribution in [2.75, 3.05) is 39.3 Å². The van der Waals surface area contributed by atoms with E-state index in [0.29, 0.717) is 12.6 Å². The zero-order valence-corrected chi connectivity index (χ0v) is 13.0. The molecule has 0 radical (unpaired) electrons. The predicted octanol–water partition coefficient (Wildman–Crippen LogP) is 1.34. The Labute approximate surface area is 127 Å². The number of carbonyl (C=O) groups excluding carboxylic acids is 1. The summed E-state index contributed by atoms with van der Waals surface area (Å²) in [6.45, 7) is 4.06. The van der Waals surface area contributed by atoms with Crippen LogP contribution >= 0.6 is 15.9 Å². The first-order valence-electron chi connectivity index (χ1n) is 7.19. The molecule has 1 aromatic rings. The Morgan fingerprint density at radius 3 is 2.60 bits per heavy atom. The van der Waals surface area contributed by atoms with Crippen molar-refractivity contribution in [1.29, 1.82) is 0 Å². The molecule has 3 rings (SSSR count). The number of β-amino-alcohol motifs (C(OH)–C–C–N with tert-alkyl or cyclic N) is 1. The van der Waals surface area contributed by atoms with Crippen LogP contribution in [-0.4, -0.2) is 64.7 Å². The molecule has 0 spiro atoms. The maximum Gasteiger partial charge on any atom is 0.270 e. The zero-order chi connectivity index (χ0) is 14.1. The Morgan fingerprint density at radius 1 is 1.30 bits per heavy atom. The van der Waals surface area contributed by atoms with Gasteiger partial charge in [-0.3, -0.25) is 9.69 Å². The quantitative estimate of drug-likeness (QED) is 0.898. The van der Waals surface area contributed by atoms with Gasteiger partial charge in [-0.1, -0.05) is 0 Å². The number of aliphatic hydroxyl groups is 1. The molecule has 0 bridgehead atoms. The zero-order valence-electron chi connectivity index (χ0n) is 11.5. The Balaban J connectivity index is 1.67. The second kappa shape index (κ2) is 5.87. The standard InChI is InChI=1S/C14H20BrN3O2/c15-11-9-13(18(10-11)12-1-2-12)14(20)17-5-3-16(4-6-17)7-8-19/h9-10,12,19H,1-8H2. The molecule has 20 heavy (non-hydrogen) atoms. The van der Waals surface area contributed by atoms with Gasteiger partial charge in [0, 0.05) is 49.4 Å². The molecule has 2 heterocycles. The molecule has 110 valence electrons. The van der Waals surface area contributed by atoms with E-state index >= 15 is 0 Å². The molecule has 1 aliphatic carbocycles. The van der Waals surface area contributed by atoms with Crippen molar-refractivity contribution in [2.24, 2.45) is 0 Å². The summed E-state index contributed by atoms with van der Waals surface area (Å²) in [4.78, 5) is 16.8. The van der Waals surface area contributed by atoms with Crippen LogP contribution in [0.25, 0.3) is 0 Å². The Morgan fingerprint density at radius 2 is 2.00 bits per heavy atom. The molecular weight excluding hydrogens is 322 g/mol. The van der Waals surface area contributed by atoms with Crippen molar-refractivity contribution in [3.8, 4) is 0 Å². The number of hydrogen-bond acceptors (Lipinski definition) is 3. The van der Waals surface area contributed by atoms with Gasteiger partial charge in [0.15, 0.2) is 0 Å². The Hall–Kier alpha value is -0.850. The molecule has 1 amide bonds. The summed E-state index contributed by atoms with van der Waals surface area (Å²) < 4.78 is 3.10. The lowest BCUT2D eigenvalue weighted by molar-refractivity contribution is 0.0604. The van der Waals surface area contributed by atoms with E-state index in [1.54, 1.807) is 0 Å². The number of amides is 1. The summed E-state index contributed by atoms with van der Waals surface area (Å²) >= 11 is 3.47. The third kappa shape index (κ3) is 2.92. The van der Waals surface area contributed by atoms with Gasteiger partial charge in [0.25, 0.3) is 5.91 Å². The minimum absolute atomic E-state index is 0.131. The third-order valence-electron chi connectivity index (χ3n) is 4.05. The number of nitrogens with zero attached hydrogens (tertiary/aromatic N) is 3. The smallest absolute Gasteiger partial charge is 0.270 e. The summed E-state index contributed by atoms with van der Waals surface area (Å²) in [7, 11) is 0. The van der Waals surface area contributed by atoms with Crippen LogP contribution in [0.5, 0.6) is 0 Å². The van der Waals surface area contributed by atoms with E-state index in [0.717, 1.165) is 36.3 Å². The average Bonchev–Trinajstić information content (AvgIpc) is 3.22. The lowest BCUT2D eigenvalue weighted by Crippen LogP contribution is -2.49. The normalized spacial score (nSPS) is 20.4. The number of piperazine rings is 1. The van der Waals surface area contributed by atoms with Crippen molar-refractivity contribution in [3.05, 3.63) is 22.4 Å². The van der Waals surface area contributed by atoms with Gasteiger partial charge in [-0.05, 0) is 34.8 Å². The van der Waals surface area contributed by atoms with E-state index < -0.39 is 0 Å². The van der Waals surface area contributed by atoms with E-state index in [4.69, 9.17) is 5.11 Å². The maximum atomic E-state index is 12.6. The number of halogens is 1. The van der Waals surface area contributed by atoms with Crippen LogP contribution in [0.3, 0.4) is 0 Å². The highest BCUT2D eigenvalue weighted by molar-refractivity contribution is 9.10. The first-order valence-corrected chi connectivity index (χ1v) is 7.98. The van der Waals surface area contributed by atoms with Crippen LogP contribution in [-0.2, 0) is 0 Å². The minimum Gasteiger partial charge on any atom is -0.395 e. The summed E-state index contributed by atoms with van der Waals surface area (Å²) in [6, 6.07) is 2.44. The maximum absolute atomic E-state index is 12.6. The van der Waals surface area contributed by atoms with Gasteiger partial charge >= 0.3 is 0 Å². The summed E-state index contributed by atoms with van der Waals surface area (Å²) in [5.74, 6) is 0.131. The highest BCUT2D eigenvalue weighted by atomic mass is 79.9. The van der Waals surface area contributed by atoms with Crippen molar-refractivity contribution < 1.29 is 9.90 Å². The number of hydrogen-bond donors (Lipinski definition) is 1. The number of aliphatic hydroxyl groups excluding tert-OH is 1. The SMILES string of the molecule is O=C(c1cc(Br)cn1C1CC1)N1CCN(CCO)CC1. The van der Waals surface area contributed by atoms with Crippen molar-refractivity contribution >= 4 is 21.8 Å². The third-order valence-corrected chi connectivity index (χ3v) is 4.48. The van der Waals surface area contributed by atoms with Crippen LogP contribution in [0.2, 0.25) is 0 Å². The molecule has 1 aliphatic heterocycles. The second-order valence-corrected chi connectivity index (χ2v) is 6.46. The molecule has 1 N–H and O–H groups in total. The summed E-state index contributed by atoms with van der Waals surface area (Å²) in [5.41, 5.74) is 0.801. The monoisotopic (exact) mass is 341 g/mol. The van der Waals surface area contributed by atoms with E-state index in [2.05, 4.69) is 25.4 Å². The molecule has 1 aromatic heterocycles. The lowest BCUT2D eigenvalue weighted by atomic mass is 10.2. The molecule has 0 unspecified atom stereocenters. The lowest BCUT2D eigenvalue weighted by Gasteiger charge is -2.34. The van der Waals surface area contributed by atoms with Crippen LogP contribution in [0.1, 0.15) is 29.4 Å². The molecule has 1 saturated heterocycles. The van der Waals surface area contributed by atoms with Gasteiger partial charge in [-0.25, -0.2) is 0 Å². The van der Waals surface area contributed by atoms with Crippen LogP contribution in [0, 0.1) is 0 Å². The van der Waals surface area contributed by atoms with Crippen molar-refractivity contribution in [3.63, 3.8) is 0 Å². The van der Waals surface area contributed by atoms with Gasteiger partial charge in [-0.2, -0.15) is 0 Å². The van der Waals surface area contributed by atoms with E-state index in [9.17, 15) is 4.79 Å². The fraction of sp³-hybridized carbons (Fsp3) is 0.643. The number of carbonyl (C=O) groups is 1. The van der Waals surface area contributed by atoms with Gasteiger partial charge in [0.05, 0.1) is 6.61 Å². The van der Waals surface area contributed by atoms with Gasteiger partial charge in [-0.15, -0.1) is 0 Å². The van der Waals surface area contributed by atoms with Crippen LogP contribution in [0.15, 0.2) is 16.7 Å². The molecule has 2 aliphatic rings. The molecular formula is C14H20BrN3O2. The van der Waals surface area contributed by atoms with Crippen LogP contribution < -0.4 is 0 Å². The molecule has 1 saturated carbocycles. The first kappa shape index (κ1) is 14.1. The Kier molecular flexibility index (Phi) is 4.14. The number of aromatic nitrogens is 1. The molecule has 2 fully saturated rings. The Bertz CT molecular complexity index is 491. The highest BCUT2D eigenvalue weighted by Crippen LogP contribution is 2.37. The van der Waals surface area contributed by atoms with Crippen LogP contribution in [0.4, 0.5) is 0 Å². The van der Waals surface area contributed by atoms with Gasteiger partial charge in [0.1, 0.15) is 5.69 Å². The average molecular weight is 342 g/mol. The predicted molar refractivity (Wildman–Crippen MR) is 79.8 cm³/mol. The minimum atomic E-state index is 0.131. The van der Waals surface area contributed by atoms with E-state index in [1.165, 1.54) is 12.8 Å². The molecule has 5 nitrogen and oxygen atoms in total. The number of rotatable bonds is 4. The van der Waals surface area contributed by atoms with Crippen molar-refractivity contribution in [1.82, 2.24) is 14.4 Å². The van der Waals surface area contributed by atoms with E-state index in [1.807, 2.05) is 17.2 Å². The highest BCUT2D eigenvalue weighted by Gasteiger charge is 2.30. The van der Waals surface area contributed by atoms with Gasteiger partial charge < -0.3 is 14.6 Å². The van der Waals surface area contributed by atoms with Crippen molar-refractivity contribution in [2.45, 2.75) is 18.9 Å². The van der Waals surface area contributed by atoms with E-state index in [-0.39, 0.29) is 12.5 Å². The topological polar surface area (TPSA) is 48.7 Å². The largest absolute Gasteiger partial charge is 0.395 e. The van der Waals surface area contributed by atoms with Gasteiger partial charge in [0.2, 0.25) is 0 Å².